The quantitative estimate of drug-likeness (QED) is 0.425. The van der Waals surface area contributed by atoms with Crippen molar-refractivity contribution in [1.29, 1.82) is 0 Å². The van der Waals surface area contributed by atoms with E-state index in [-0.39, 0.29) is 18.2 Å². The number of anilines is 2. The van der Waals surface area contributed by atoms with E-state index in [1.165, 1.54) is 0 Å². The molecular weight excluding hydrogens is 414 g/mol. The molecule has 4 aromatic rings. The van der Waals surface area contributed by atoms with E-state index in [4.69, 9.17) is 14.2 Å². The molecule has 1 saturated heterocycles. The summed E-state index contributed by atoms with van der Waals surface area (Å²) in [6, 6.07) is 4.58. The number of ether oxygens (including phenoxy) is 3. The van der Waals surface area contributed by atoms with E-state index in [0.717, 1.165) is 16.9 Å². The molecule has 1 fully saturated rings. The lowest BCUT2D eigenvalue weighted by Gasteiger charge is -2.14. The number of aromatic nitrogens is 8. The number of methoxy groups -OCH3 is 1. The molecule has 0 amide bonds. The van der Waals surface area contributed by atoms with Gasteiger partial charge in [0.1, 0.15) is 24.1 Å². The highest BCUT2D eigenvalue weighted by Crippen LogP contribution is 2.31. The molecule has 168 valence electrons. The Morgan fingerprint density at radius 2 is 2.25 bits per heavy atom. The molecule has 0 aromatic carbocycles. The average molecular weight is 439 g/mol. The first kappa shape index (κ1) is 20.4. The molecule has 0 bridgehead atoms. The summed E-state index contributed by atoms with van der Waals surface area (Å²) in [6.07, 6.45) is 5.58. The van der Waals surface area contributed by atoms with Crippen molar-refractivity contribution in [1.82, 2.24) is 39.6 Å². The van der Waals surface area contributed by atoms with Crippen LogP contribution in [-0.2, 0) is 16.1 Å². The Morgan fingerprint density at radius 1 is 1.34 bits per heavy atom. The minimum Gasteiger partial charge on any atom is -0.458 e. The second kappa shape index (κ2) is 8.55. The summed E-state index contributed by atoms with van der Waals surface area (Å²) in [5.74, 6) is 1.30. The third-order valence-electron chi connectivity index (χ3n) is 5.25. The van der Waals surface area contributed by atoms with Crippen molar-refractivity contribution < 1.29 is 14.2 Å². The zero-order valence-corrected chi connectivity index (χ0v) is 18.1. The molecule has 0 spiro atoms. The van der Waals surface area contributed by atoms with E-state index >= 15 is 0 Å². The van der Waals surface area contributed by atoms with E-state index in [9.17, 15) is 0 Å². The first-order chi connectivity index (χ1) is 15.6. The monoisotopic (exact) mass is 439 g/mol. The summed E-state index contributed by atoms with van der Waals surface area (Å²) in [5.41, 5.74) is 2.53. The molecule has 0 aliphatic carbocycles. The van der Waals surface area contributed by atoms with Gasteiger partial charge in [-0.15, -0.1) is 5.10 Å². The second-order valence-corrected chi connectivity index (χ2v) is 7.92. The van der Waals surface area contributed by atoms with Crippen LogP contribution in [0, 0.1) is 0 Å². The molecule has 12 heteroatoms. The highest BCUT2D eigenvalue weighted by atomic mass is 16.6. The van der Waals surface area contributed by atoms with Crippen molar-refractivity contribution in [2.24, 2.45) is 0 Å². The summed E-state index contributed by atoms with van der Waals surface area (Å²) in [4.78, 5) is 4.43. The maximum atomic E-state index is 6.02. The number of rotatable bonds is 8. The van der Waals surface area contributed by atoms with Crippen molar-refractivity contribution in [2.75, 3.05) is 19.0 Å². The fourth-order valence-corrected chi connectivity index (χ4v) is 3.69. The lowest BCUT2D eigenvalue weighted by atomic mass is 10.1. The van der Waals surface area contributed by atoms with Crippen LogP contribution in [0.5, 0.6) is 6.01 Å². The van der Waals surface area contributed by atoms with Crippen LogP contribution in [0.3, 0.4) is 0 Å². The van der Waals surface area contributed by atoms with Gasteiger partial charge in [-0.3, -0.25) is 9.67 Å². The highest BCUT2D eigenvalue weighted by molar-refractivity contribution is 5.72. The normalized spacial score (nSPS) is 18.6. The number of aromatic amines is 1. The smallest absolute Gasteiger partial charge is 0.317 e. The number of H-pyrrole nitrogens is 1. The van der Waals surface area contributed by atoms with E-state index < -0.39 is 0 Å². The molecule has 1 aliphatic rings. The topological polar surface area (TPSA) is 129 Å². The van der Waals surface area contributed by atoms with Crippen molar-refractivity contribution >= 4 is 17.2 Å². The van der Waals surface area contributed by atoms with Crippen LogP contribution >= 0.6 is 0 Å². The molecule has 32 heavy (non-hydrogen) atoms. The fraction of sp³-hybridized carbons (Fsp3) is 0.450. The van der Waals surface area contributed by atoms with Gasteiger partial charge in [-0.05, 0) is 19.9 Å². The van der Waals surface area contributed by atoms with Crippen LogP contribution in [0.15, 0.2) is 30.9 Å². The predicted octanol–water partition coefficient (Wildman–Crippen LogP) is 2.42. The standard InChI is InChI=1S/C20H25N9O3/c1-12(2)28-11-22-26-20(28)32-14-7-17(31-10-14)15-8-18(25-24-15)23-19-16-6-13(9-30-3)27-29(16)5-4-21-19/h4-6,8,11-12,14,17H,7,9-10H2,1-3H3,(H2,21,23,24,25)/t14-,17-/m0/s1. The van der Waals surface area contributed by atoms with E-state index in [1.807, 2.05) is 16.7 Å². The maximum Gasteiger partial charge on any atom is 0.317 e. The molecule has 2 atom stereocenters. The number of hydrogen-bond acceptors (Lipinski definition) is 9. The minimum absolute atomic E-state index is 0.108. The van der Waals surface area contributed by atoms with Crippen LogP contribution in [0.2, 0.25) is 0 Å². The molecule has 0 saturated carbocycles. The number of nitrogens with one attached hydrogen (secondary N) is 2. The second-order valence-electron chi connectivity index (χ2n) is 7.92. The van der Waals surface area contributed by atoms with Crippen molar-refractivity contribution in [2.45, 2.75) is 45.1 Å². The average Bonchev–Trinajstić information content (AvgIpc) is 3.55. The van der Waals surface area contributed by atoms with Crippen LogP contribution in [0.4, 0.5) is 11.6 Å². The van der Waals surface area contributed by atoms with Gasteiger partial charge in [-0.2, -0.15) is 10.2 Å². The Labute approximate surface area is 183 Å². The lowest BCUT2D eigenvalue weighted by molar-refractivity contribution is 0.0885. The zero-order valence-electron chi connectivity index (χ0n) is 18.1. The van der Waals surface area contributed by atoms with E-state index in [1.54, 1.807) is 30.3 Å². The summed E-state index contributed by atoms with van der Waals surface area (Å²) in [6.45, 7) is 5.02. The first-order valence-corrected chi connectivity index (χ1v) is 10.4. The van der Waals surface area contributed by atoms with Crippen molar-refractivity contribution in [3.63, 3.8) is 0 Å². The van der Waals surface area contributed by atoms with Gasteiger partial charge in [0.2, 0.25) is 0 Å². The summed E-state index contributed by atoms with van der Waals surface area (Å²) >= 11 is 0. The molecule has 0 radical (unpaired) electrons. The maximum absolute atomic E-state index is 6.02. The van der Waals surface area contributed by atoms with Gasteiger partial charge < -0.3 is 19.5 Å². The molecule has 5 heterocycles. The van der Waals surface area contributed by atoms with Gasteiger partial charge in [-0.25, -0.2) is 9.50 Å². The van der Waals surface area contributed by atoms with Gasteiger partial charge in [0.05, 0.1) is 24.6 Å². The van der Waals surface area contributed by atoms with Gasteiger partial charge in [-0.1, -0.05) is 5.10 Å². The third kappa shape index (κ3) is 4.01. The molecule has 12 nitrogen and oxygen atoms in total. The number of fused-ring (bicyclic) bond motifs is 1. The summed E-state index contributed by atoms with van der Waals surface area (Å²) in [5, 5.41) is 23.2. The lowest BCUT2D eigenvalue weighted by Crippen LogP contribution is -2.19. The molecule has 4 aromatic heterocycles. The Kier molecular flexibility index (Phi) is 5.45. The van der Waals surface area contributed by atoms with Gasteiger partial charge in [0, 0.05) is 38.0 Å². The minimum atomic E-state index is -0.148. The van der Waals surface area contributed by atoms with Crippen molar-refractivity contribution in [3.8, 4) is 6.01 Å². The largest absolute Gasteiger partial charge is 0.458 e. The zero-order chi connectivity index (χ0) is 22.1. The first-order valence-electron chi connectivity index (χ1n) is 10.4. The SMILES string of the molecule is COCc1cc2c(Nc3cc([C@@H]4C[C@H](Oc5nncn5C(C)C)CO4)[nH]n3)nccn2n1. The predicted molar refractivity (Wildman–Crippen MR) is 114 cm³/mol. The number of hydrogen-bond donors (Lipinski definition) is 2. The Morgan fingerprint density at radius 3 is 3.09 bits per heavy atom. The summed E-state index contributed by atoms with van der Waals surface area (Å²) < 4.78 is 20.8. The van der Waals surface area contributed by atoms with E-state index in [0.29, 0.717) is 37.3 Å². The Bertz CT molecular complexity index is 1200. The fourth-order valence-electron chi connectivity index (χ4n) is 3.69. The Hall–Kier alpha value is -3.51. The molecule has 5 rings (SSSR count). The molecule has 2 N–H and O–H groups in total. The number of nitrogens with zero attached hydrogens (tertiary/aromatic N) is 7. The van der Waals surface area contributed by atoms with Crippen LogP contribution in [0.25, 0.3) is 5.52 Å². The van der Waals surface area contributed by atoms with E-state index in [2.05, 4.69) is 49.6 Å². The molecule has 0 unspecified atom stereocenters. The third-order valence-corrected chi connectivity index (χ3v) is 5.25. The Balaban J connectivity index is 1.26. The summed E-state index contributed by atoms with van der Waals surface area (Å²) in [7, 11) is 1.64. The highest BCUT2D eigenvalue weighted by Gasteiger charge is 2.31. The van der Waals surface area contributed by atoms with Gasteiger partial charge in [0.15, 0.2) is 11.6 Å². The van der Waals surface area contributed by atoms with Gasteiger partial charge >= 0.3 is 6.01 Å². The van der Waals surface area contributed by atoms with Crippen LogP contribution in [0.1, 0.15) is 43.8 Å². The van der Waals surface area contributed by atoms with Crippen molar-refractivity contribution in [3.05, 3.63) is 42.2 Å². The molecular formula is C20H25N9O3. The molecule has 1 aliphatic heterocycles. The van der Waals surface area contributed by atoms with Crippen LogP contribution in [-0.4, -0.2) is 59.4 Å². The van der Waals surface area contributed by atoms with Crippen LogP contribution < -0.4 is 10.1 Å². The van der Waals surface area contributed by atoms with Gasteiger partial charge in [0.25, 0.3) is 0 Å².